The predicted octanol–water partition coefficient (Wildman–Crippen LogP) is 5.67. The number of halogens is 2. The highest BCUT2D eigenvalue weighted by molar-refractivity contribution is 9.10. The normalized spacial score (nSPS) is 11.4. The molecule has 96 valence electrons. The average Bonchev–Trinajstić information content (AvgIpc) is 2.44. The number of rotatable bonds is 1. The van der Waals surface area contributed by atoms with Crippen LogP contribution in [0.2, 0.25) is 5.02 Å². The van der Waals surface area contributed by atoms with Gasteiger partial charge in [-0.2, -0.15) is 0 Å². The Kier molecular flexibility index (Phi) is 3.23. The molecule has 0 N–H and O–H groups in total. The molecule has 0 aliphatic carbocycles. The van der Waals surface area contributed by atoms with Crippen molar-refractivity contribution in [3.05, 3.63) is 51.1 Å². The largest absolute Gasteiger partial charge is 0.252 e. The Bertz CT molecular complexity index is 796. The lowest BCUT2D eigenvalue weighted by Gasteiger charge is -2.12. The maximum atomic E-state index is 6.52. The molecule has 2 aromatic carbocycles. The van der Waals surface area contributed by atoms with Crippen LogP contribution < -0.4 is 0 Å². The zero-order valence-corrected chi connectivity index (χ0v) is 13.1. The van der Waals surface area contributed by atoms with Gasteiger partial charge in [0.2, 0.25) is 0 Å². The predicted molar refractivity (Wildman–Crippen MR) is 86.1 cm³/mol. The third-order valence-corrected chi connectivity index (χ3v) is 4.69. The molecule has 0 spiro atoms. The summed E-state index contributed by atoms with van der Waals surface area (Å²) in [4.78, 5) is 4.82. The first-order valence-corrected chi connectivity index (χ1v) is 7.46. The summed E-state index contributed by atoms with van der Waals surface area (Å²) in [5.74, 6) is 0. The van der Waals surface area contributed by atoms with Crippen molar-refractivity contribution in [3.63, 3.8) is 0 Å². The summed E-state index contributed by atoms with van der Waals surface area (Å²) in [6, 6.07) is 10.3. The summed E-state index contributed by atoms with van der Waals surface area (Å²) in [5.41, 5.74) is 3.15. The van der Waals surface area contributed by atoms with Crippen LogP contribution in [0.4, 0.5) is 0 Å². The number of hydrogen-bond acceptors (Lipinski definition) is 1. The quantitative estimate of drug-likeness (QED) is 0.522. The molecule has 0 saturated heterocycles. The van der Waals surface area contributed by atoms with Crippen molar-refractivity contribution in [1.29, 1.82) is 0 Å². The van der Waals surface area contributed by atoms with Crippen molar-refractivity contribution in [3.8, 4) is 0 Å². The van der Waals surface area contributed by atoms with Gasteiger partial charge < -0.3 is 0 Å². The summed E-state index contributed by atoms with van der Waals surface area (Å²) >= 11 is 10.1. The van der Waals surface area contributed by atoms with Gasteiger partial charge in [0, 0.05) is 20.9 Å². The summed E-state index contributed by atoms with van der Waals surface area (Å²) in [5, 5.41) is 4.14. The number of aryl methyl sites for hydroxylation is 1. The lowest BCUT2D eigenvalue weighted by molar-refractivity contribution is 1.03. The van der Waals surface area contributed by atoms with E-state index in [1.54, 1.807) is 0 Å². The molecule has 0 amide bonds. The van der Waals surface area contributed by atoms with Gasteiger partial charge in [-0.15, -0.1) is 0 Å². The van der Waals surface area contributed by atoms with E-state index in [9.17, 15) is 0 Å². The van der Waals surface area contributed by atoms with Gasteiger partial charge in [0.25, 0.3) is 0 Å². The van der Waals surface area contributed by atoms with Gasteiger partial charge in [-0.1, -0.05) is 58.7 Å². The number of hydrogen-bond donors (Lipinski definition) is 0. The van der Waals surface area contributed by atoms with Crippen molar-refractivity contribution in [2.75, 3.05) is 0 Å². The molecule has 1 heterocycles. The molecule has 0 saturated carbocycles. The minimum absolute atomic E-state index is 0.813. The van der Waals surface area contributed by atoms with E-state index in [2.05, 4.69) is 41.1 Å². The highest BCUT2D eigenvalue weighted by Gasteiger charge is 2.13. The molecule has 0 atom stereocenters. The van der Waals surface area contributed by atoms with Crippen LogP contribution in [0.25, 0.3) is 21.7 Å². The van der Waals surface area contributed by atoms with E-state index in [1.807, 2.05) is 19.1 Å². The molecule has 19 heavy (non-hydrogen) atoms. The molecule has 3 heteroatoms. The highest BCUT2D eigenvalue weighted by Crippen LogP contribution is 2.36. The second-order valence-corrected chi connectivity index (χ2v) is 5.88. The fraction of sp³-hybridized carbons (Fsp3) is 0.188. The zero-order chi connectivity index (χ0) is 13.6. The van der Waals surface area contributed by atoms with Gasteiger partial charge in [-0.25, -0.2) is 0 Å². The maximum Gasteiger partial charge on any atom is 0.0799 e. The molecule has 0 aliphatic rings. The number of fused-ring (bicyclic) bond motifs is 3. The highest BCUT2D eigenvalue weighted by atomic mass is 79.9. The fourth-order valence-corrected chi connectivity index (χ4v) is 3.32. The van der Waals surface area contributed by atoms with Crippen molar-refractivity contribution in [2.24, 2.45) is 0 Å². The monoisotopic (exact) mass is 333 g/mol. The smallest absolute Gasteiger partial charge is 0.0799 e. The van der Waals surface area contributed by atoms with Crippen molar-refractivity contribution in [1.82, 2.24) is 4.98 Å². The topological polar surface area (TPSA) is 12.9 Å². The molecule has 0 unspecified atom stereocenters. The lowest BCUT2D eigenvalue weighted by Crippen LogP contribution is -1.96. The molecular weight excluding hydrogens is 322 g/mol. The molecule has 0 fully saturated rings. The molecule has 3 rings (SSSR count). The van der Waals surface area contributed by atoms with E-state index in [-0.39, 0.29) is 0 Å². The van der Waals surface area contributed by atoms with Gasteiger partial charge in [0.15, 0.2) is 0 Å². The van der Waals surface area contributed by atoms with Crippen molar-refractivity contribution in [2.45, 2.75) is 20.3 Å². The molecule has 1 nitrogen and oxygen atoms in total. The summed E-state index contributed by atoms with van der Waals surface area (Å²) in [7, 11) is 0. The van der Waals surface area contributed by atoms with Gasteiger partial charge in [0.1, 0.15) is 0 Å². The van der Waals surface area contributed by atoms with Gasteiger partial charge in [-0.05, 0) is 30.4 Å². The maximum absolute atomic E-state index is 6.52. The van der Waals surface area contributed by atoms with Crippen LogP contribution in [0.15, 0.2) is 34.8 Å². The molecule has 0 bridgehead atoms. The Morgan fingerprint density at radius 2 is 1.84 bits per heavy atom. The minimum Gasteiger partial charge on any atom is -0.252 e. The van der Waals surface area contributed by atoms with E-state index in [4.69, 9.17) is 16.6 Å². The number of nitrogens with zero attached hydrogens (tertiary/aromatic N) is 1. The molecule has 0 aliphatic heterocycles. The third-order valence-electron chi connectivity index (χ3n) is 3.55. The first-order chi connectivity index (χ1) is 9.13. The molecule has 0 radical (unpaired) electrons. The van der Waals surface area contributed by atoms with Crippen LogP contribution in [0, 0.1) is 6.92 Å². The minimum atomic E-state index is 0.813. The Morgan fingerprint density at radius 3 is 2.53 bits per heavy atom. The van der Waals surface area contributed by atoms with E-state index in [1.165, 1.54) is 5.39 Å². The Balaban J connectivity index is 2.58. The summed E-state index contributed by atoms with van der Waals surface area (Å²) in [6.07, 6.45) is 0.895. The van der Waals surface area contributed by atoms with Gasteiger partial charge >= 0.3 is 0 Å². The van der Waals surface area contributed by atoms with Crippen LogP contribution in [-0.4, -0.2) is 4.98 Å². The van der Waals surface area contributed by atoms with Crippen LogP contribution in [-0.2, 0) is 6.42 Å². The van der Waals surface area contributed by atoms with Crippen molar-refractivity contribution < 1.29 is 0 Å². The average molecular weight is 335 g/mol. The van der Waals surface area contributed by atoms with Gasteiger partial charge in [-0.3, -0.25) is 4.98 Å². The van der Waals surface area contributed by atoms with E-state index >= 15 is 0 Å². The second-order valence-electron chi connectivity index (χ2n) is 4.65. The SMILES string of the molecule is CCc1nc2c(cc(Br)c3ccccc32)c(Cl)c1C. The third kappa shape index (κ3) is 1.94. The van der Waals surface area contributed by atoms with Crippen LogP contribution >= 0.6 is 27.5 Å². The van der Waals surface area contributed by atoms with Crippen molar-refractivity contribution >= 4 is 49.2 Å². The first kappa shape index (κ1) is 12.9. The van der Waals surface area contributed by atoms with Crippen LogP contribution in [0.5, 0.6) is 0 Å². The molecular formula is C16H13BrClN. The Hall–Kier alpha value is -1.12. The number of benzene rings is 2. The Morgan fingerprint density at radius 1 is 1.16 bits per heavy atom. The van der Waals surface area contributed by atoms with Crippen LogP contribution in [0.1, 0.15) is 18.2 Å². The summed E-state index contributed by atoms with van der Waals surface area (Å²) < 4.78 is 1.06. The Labute approximate surface area is 125 Å². The standard InChI is InChI=1S/C16H13BrClN/c1-3-14-9(2)15(18)12-8-13(17)10-6-4-5-7-11(10)16(12)19-14/h4-8H,3H2,1-2H3. The summed E-state index contributed by atoms with van der Waals surface area (Å²) in [6.45, 7) is 4.15. The number of aromatic nitrogens is 1. The van der Waals surface area contributed by atoms with E-state index < -0.39 is 0 Å². The first-order valence-electron chi connectivity index (χ1n) is 6.29. The fourth-order valence-electron chi connectivity index (χ4n) is 2.50. The van der Waals surface area contributed by atoms with E-state index in [0.29, 0.717) is 0 Å². The number of pyridine rings is 1. The molecule has 1 aromatic heterocycles. The van der Waals surface area contributed by atoms with Gasteiger partial charge in [0.05, 0.1) is 10.5 Å². The van der Waals surface area contributed by atoms with E-state index in [0.717, 1.165) is 43.5 Å². The molecule has 3 aromatic rings. The zero-order valence-electron chi connectivity index (χ0n) is 10.8. The second kappa shape index (κ2) is 4.77. The van der Waals surface area contributed by atoms with Crippen LogP contribution in [0.3, 0.4) is 0 Å². The lowest BCUT2D eigenvalue weighted by atomic mass is 10.0.